The normalized spacial score (nSPS) is 12.1. The Bertz CT molecular complexity index is 468. The molecule has 0 heterocycles. The smallest absolute Gasteiger partial charge is 0.233 e. The van der Waals surface area contributed by atoms with Crippen LogP contribution in [0.2, 0.25) is 5.02 Å². The molecule has 0 saturated carbocycles. The number of anilines is 1. The Kier molecular flexibility index (Phi) is 6.83. The molecule has 3 N–H and O–H groups in total. The molecule has 0 aliphatic heterocycles. The molecule has 1 aromatic carbocycles. The molecule has 0 aliphatic rings. The number of rotatable bonds is 7. The van der Waals surface area contributed by atoms with Crippen molar-refractivity contribution in [2.24, 2.45) is 0 Å². The van der Waals surface area contributed by atoms with Crippen molar-refractivity contribution in [3.63, 3.8) is 0 Å². The molecule has 19 heavy (non-hydrogen) atoms. The standard InChI is InChI=1S/C12H17ClN2O3S/c1-18-6-2-5-15-12(16)8-19(17)11-7-9(14)3-4-10(11)13/h3-4,7H,2,5-6,8,14H2,1H3,(H,15,16). The number of nitrogen functional groups attached to an aromatic ring is 1. The minimum atomic E-state index is -1.50. The lowest BCUT2D eigenvalue weighted by molar-refractivity contribution is -0.118. The van der Waals surface area contributed by atoms with Crippen molar-refractivity contribution in [1.29, 1.82) is 0 Å². The highest BCUT2D eigenvalue weighted by atomic mass is 35.5. The van der Waals surface area contributed by atoms with E-state index in [9.17, 15) is 9.00 Å². The molecule has 106 valence electrons. The first-order valence-electron chi connectivity index (χ1n) is 5.73. The molecule has 1 amide bonds. The fraction of sp³-hybridized carbons (Fsp3) is 0.417. The minimum absolute atomic E-state index is 0.129. The van der Waals surface area contributed by atoms with Crippen LogP contribution in [-0.2, 0) is 20.3 Å². The van der Waals surface area contributed by atoms with Gasteiger partial charge in [-0.3, -0.25) is 9.00 Å². The SMILES string of the molecule is COCCCNC(=O)CS(=O)c1cc(N)ccc1Cl. The van der Waals surface area contributed by atoms with E-state index in [1.807, 2.05) is 0 Å². The average Bonchev–Trinajstić information content (AvgIpc) is 2.37. The number of nitrogens with two attached hydrogens (primary N) is 1. The number of halogens is 1. The second kappa shape index (κ2) is 8.14. The summed E-state index contributed by atoms with van der Waals surface area (Å²) in [4.78, 5) is 11.9. The summed E-state index contributed by atoms with van der Waals surface area (Å²) in [5.41, 5.74) is 6.07. The largest absolute Gasteiger partial charge is 0.399 e. The highest BCUT2D eigenvalue weighted by Gasteiger charge is 2.13. The molecule has 0 bridgehead atoms. The topological polar surface area (TPSA) is 81.4 Å². The second-order valence-electron chi connectivity index (χ2n) is 3.88. The van der Waals surface area contributed by atoms with Gasteiger partial charge in [0.25, 0.3) is 0 Å². The van der Waals surface area contributed by atoms with Crippen molar-refractivity contribution in [2.45, 2.75) is 11.3 Å². The predicted octanol–water partition coefficient (Wildman–Crippen LogP) is 1.18. The van der Waals surface area contributed by atoms with E-state index >= 15 is 0 Å². The molecule has 1 atom stereocenters. The van der Waals surface area contributed by atoms with Crippen LogP contribution < -0.4 is 11.1 Å². The van der Waals surface area contributed by atoms with Crippen LogP contribution in [-0.4, -0.2) is 36.1 Å². The van der Waals surface area contributed by atoms with Gasteiger partial charge in [-0.25, -0.2) is 0 Å². The molecule has 0 aliphatic carbocycles. The van der Waals surface area contributed by atoms with Crippen molar-refractivity contribution in [3.05, 3.63) is 23.2 Å². The van der Waals surface area contributed by atoms with Gasteiger partial charge in [0.05, 0.1) is 20.7 Å². The lowest BCUT2D eigenvalue weighted by Gasteiger charge is -2.07. The van der Waals surface area contributed by atoms with Crippen molar-refractivity contribution >= 4 is 34.0 Å². The Balaban J connectivity index is 2.50. The monoisotopic (exact) mass is 304 g/mol. The van der Waals surface area contributed by atoms with Crippen LogP contribution in [0.1, 0.15) is 6.42 Å². The Morgan fingerprint density at radius 2 is 2.26 bits per heavy atom. The van der Waals surface area contributed by atoms with E-state index in [2.05, 4.69) is 5.32 Å². The third kappa shape index (κ3) is 5.59. The van der Waals surface area contributed by atoms with Crippen molar-refractivity contribution in [2.75, 3.05) is 31.7 Å². The van der Waals surface area contributed by atoms with Crippen molar-refractivity contribution < 1.29 is 13.7 Å². The maximum absolute atomic E-state index is 12.0. The molecular formula is C12H17ClN2O3S. The number of benzene rings is 1. The van der Waals surface area contributed by atoms with Crippen molar-refractivity contribution in [1.82, 2.24) is 5.32 Å². The number of hydrogen-bond acceptors (Lipinski definition) is 4. The molecule has 1 aromatic rings. The fourth-order valence-corrected chi connectivity index (χ4v) is 2.81. The maximum atomic E-state index is 12.0. The molecule has 0 fully saturated rings. The molecule has 0 saturated heterocycles. The second-order valence-corrected chi connectivity index (χ2v) is 5.70. The van der Waals surface area contributed by atoms with E-state index in [1.165, 1.54) is 6.07 Å². The van der Waals surface area contributed by atoms with Gasteiger partial charge < -0.3 is 15.8 Å². The van der Waals surface area contributed by atoms with E-state index in [0.29, 0.717) is 35.2 Å². The van der Waals surface area contributed by atoms with E-state index in [-0.39, 0.29) is 11.7 Å². The van der Waals surface area contributed by atoms with Gasteiger partial charge in [-0.2, -0.15) is 0 Å². The van der Waals surface area contributed by atoms with Crippen LogP contribution >= 0.6 is 11.6 Å². The van der Waals surface area contributed by atoms with Crippen LogP contribution in [0.25, 0.3) is 0 Å². The van der Waals surface area contributed by atoms with Gasteiger partial charge >= 0.3 is 0 Å². The lowest BCUT2D eigenvalue weighted by atomic mass is 10.3. The van der Waals surface area contributed by atoms with Crippen LogP contribution in [0.4, 0.5) is 5.69 Å². The van der Waals surface area contributed by atoms with Crippen LogP contribution in [0.5, 0.6) is 0 Å². The summed E-state index contributed by atoms with van der Waals surface area (Å²) in [6, 6.07) is 4.71. The summed E-state index contributed by atoms with van der Waals surface area (Å²) in [5.74, 6) is -0.413. The zero-order chi connectivity index (χ0) is 14.3. The first-order valence-corrected chi connectivity index (χ1v) is 7.43. The van der Waals surface area contributed by atoms with Crippen LogP contribution in [0.15, 0.2) is 23.1 Å². The number of carbonyl (C=O) groups excluding carboxylic acids is 1. The first-order chi connectivity index (χ1) is 9.04. The Morgan fingerprint density at radius 1 is 1.53 bits per heavy atom. The highest BCUT2D eigenvalue weighted by molar-refractivity contribution is 7.85. The number of hydrogen-bond donors (Lipinski definition) is 2. The Labute approximate surface area is 119 Å². The molecular weight excluding hydrogens is 288 g/mol. The molecule has 0 aromatic heterocycles. The first kappa shape index (κ1) is 15.9. The predicted molar refractivity (Wildman–Crippen MR) is 76.6 cm³/mol. The summed E-state index contributed by atoms with van der Waals surface area (Å²) >= 11 is 5.92. The third-order valence-electron chi connectivity index (χ3n) is 2.31. The van der Waals surface area contributed by atoms with Crippen LogP contribution in [0, 0.1) is 0 Å². The summed E-state index contributed by atoms with van der Waals surface area (Å²) < 4.78 is 16.9. The van der Waals surface area contributed by atoms with Gasteiger partial charge in [0, 0.05) is 25.9 Å². The highest BCUT2D eigenvalue weighted by Crippen LogP contribution is 2.22. The Morgan fingerprint density at radius 3 is 2.95 bits per heavy atom. The fourth-order valence-electron chi connectivity index (χ4n) is 1.39. The summed E-state index contributed by atoms with van der Waals surface area (Å²) in [6.45, 7) is 1.07. The number of carbonyl (C=O) groups is 1. The van der Waals surface area contributed by atoms with E-state index in [1.54, 1.807) is 19.2 Å². The third-order valence-corrected chi connectivity index (χ3v) is 4.10. The van der Waals surface area contributed by atoms with E-state index in [0.717, 1.165) is 0 Å². The minimum Gasteiger partial charge on any atom is -0.399 e. The lowest BCUT2D eigenvalue weighted by Crippen LogP contribution is -2.29. The number of ether oxygens (including phenoxy) is 1. The van der Waals surface area contributed by atoms with Crippen molar-refractivity contribution in [3.8, 4) is 0 Å². The number of methoxy groups -OCH3 is 1. The van der Waals surface area contributed by atoms with Gasteiger partial charge in [-0.1, -0.05) is 11.6 Å². The summed E-state index contributed by atoms with van der Waals surface area (Å²) in [5, 5.41) is 3.01. The maximum Gasteiger partial charge on any atom is 0.233 e. The van der Waals surface area contributed by atoms with E-state index < -0.39 is 10.8 Å². The zero-order valence-electron chi connectivity index (χ0n) is 10.6. The summed E-state index contributed by atoms with van der Waals surface area (Å²) in [7, 11) is 0.0981. The van der Waals surface area contributed by atoms with Crippen LogP contribution in [0.3, 0.4) is 0 Å². The number of nitrogens with one attached hydrogen (secondary N) is 1. The average molecular weight is 305 g/mol. The van der Waals surface area contributed by atoms with Gasteiger partial charge in [0.1, 0.15) is 5.75 Å². The zero-order valence-corrected chi connectivity index (χ0v) is 12.2. The Hall–Kier alpha value is -1.11. The molecule has 1 rings (SSSR count). The van der Waals surface area contributed by atoms with E-state index in [4.69, 9.17) is 22.1 Å². The number of amides is 1. The van der Waals surface area contributed by atoms with Gasteiger partial charge in [0.15, 0.2) is 0 Å². The molecule has 0 radical (unpaired) electrons. The molecule has 1 unspecified atom stereocenters. The van der Waals surface area contributed by atoms with Gasteiger partial charge in [-0.15, -0.1) is 0 Å². The van der Waals surface area contributed by atoms with Gasteiger partial charge in [0.2, 0.25) is 5.91 Å². The summed E-state index contributed by atoms with van der Waals surface area (Å²) in [6.07, 6.45) is 0.716. The molecule has 0 spiro atoms. The quantitative estimate of drug-likeness (QED) is 0.585. The van der Waals surface area contributed by atoms with Gasteiger partial charge in [-0.05, 0) is 24.6 Å². The molecule has 7 heteroatoms. The molecule has 5 nitrogen and oxygen atoms in total.